The van der Waals surface area contributed by atoms with E-state index in [-0.39, 0.29) is 0 Å². The van der Waals surface area contributed by atoms with Gasteiger partial charge in [0.25, 0.3) is 0 Å². The van der Waals surface area contributed by atoms with Crippen LogP contribution >= 0.6 is 0 Å². The van der Waals surface area contributed by atoms with Crippen molar-refractivity contribution in [2.75, 3.05) is 0 Å². The first-order valence-corrected chi connectivity index (χ1v) is 9.38. The van der Waals surface area contributed by atoms with Crippen LogP contribution in [-0.4, -0.2) is 11.1 Å². The molecule has 0 bridgehead atoms. The summed E-state index contributed by atoms with van der Waals surface area (Å²) < 4.78 is 0. The Labute approximate surface area is 137 Å². The Morgan fingerprint density at radius 1 is 1.23 bits per heavy atom. The lowest BCUT2D eigenvalue weighted by Gasteiger charge is -2.59. The molecule has 22 heavy (non-hydrogen) atoms. The Morgan fingerprint density at radius 3 is 2.55 bits per heavy atom. The average Bonchev–Trinajstić information content (AvgIpc) is 2.35. The first-order chi connectivity index (χ1) is 10.2. The number of carboxylic acid groups (broad SMARTS) is 1. The molecule has 2 saturated carbocycles. The first-order valence-electron chi connectivity index (χ1n) is 9.38. The molecule has 1 N–H and O–H groups in total. The zero-order valence-electron chi connectivity index (χ0n) is 15.3. The molecule has 0 amide bonds. The normalized spacial score (nSPS) is 39.0. The van der Waals surface area contributed by atoms with Gasteiger partial charge in [-0.1, -0.05) is 47.5 Å². The fraction of sp³-hybridized carbons (Fsp3) is 0.950. The van der Waals surface area contributed by atoms with Gasteiger partial charge in [-0.05, 0) is 66.6 Å². The Kier molecular flexibility index (Phi) is 5.29. The number of hydrogen-bond acceptors (Lipinski definition) is 1. The summed E-state index contributed by atoms with van der Waals surface area (Å²) in [4.78, 5) is 10.9. The van der Waals surface area contributed by atoms with Crippen LogP contribution in [-0.2, 0) is 4.79 Å². The standard InChI is InChI=1S/C20H36O2/c1-14(13-18(21)22)7-9-16-15(2)8-10-17-19(3,4)11-6-12-20(16,17)5/h14-17H,6-13H2,1-5H3,(H,21,22)/t14-,15-,16-,17-,20+/m0/s1. The average molecular weight is 309 g/mol. The van der Waals surface area contributed by atoms with Gasteiger partial charge in [-0.25, -0.2) is 0 Å². The smallest absolute Gasteiger partial charge is 0.303 e. The van der Waals surface area contributed by atoms with Crippen molar-refractivity contribution in [2.24, 2.45) is 34.5 Å². The van der Waals surface area contributed by atoms with Crippen molar-refractivity contribution >= 4 is 5.97 Å². The highest BCUT2D eigenvalue weighted by Gasteiger charge is 2.53. The molecule has 2 rings (SSSR count). The van der Waals surface area contributed by atoms with Gasteiger partial charge in [0, 0.05) is 6.42 Å². The molecule has 0 aromatic rings. The number of carboxylic acids is 1. The molecular formula is C20H36O2. The van der Waals surface area contributed by atoms with Crippen LogP contribution in [0.5, 0.6) is 0 Å². The van der Waals surface area contributed by atoms with Crippen molar-refractivity contribution in [1.29, 1.82) is 0 Å². The highest BCUT2D eigenvalue weighted by atomic mass is 16.4. The minimum Gasteiger partial charge on any atom is -0.481 e. The van der Waals surface area contributed by atoms with Crippen LogP contribution in [0.2, 0.25) is 0 Å². The van der Waals surface area contributed by atoms with Crippen molar-refractivity contribution in [3.05, 3.63) is 0 Å². The summed E-state index contributed by atoms with van der Waals surface area (Å²) in [7, 11) is 0. The lowest BCUT2D eigenvalue weighted by molar-refractivity contribution is -0.138. The molecule has 0 spiro atoms. The lowest BCUT2D eigenvalue weighted by atomic mass is 9.46. The summed E-state index contributed by atoms with van der Waals surface area (Å²) in [5, 5.41) is 8.98. The van der Waals surface area contributed by atoms with E-state index in [1.165, 1.54) is 38.5 Å². The second-order valence-corrected chi connectivity index (χ2v) is 9.34. The van der Waals surface area contributed by atoms with Gasteiger partial charge in [0.05, 0.1) is 0 Å². The predicted octanol–water partition coefficient (Wildman–Crippen LogP) is 5.76. The van der Waals surface area contributed by atoms with E-state index in [1.807, 2.05) is 0 Å². The fourth-order valence-corrected chi connectivity index (χ4v) is 6.09. The van der Waals surface area contributed by atoms with E-state index >= 15 is 0 Å². The molecule has 0 unspecified atom stereocenters. The van der Waals surface area contributed by atoms with Gasteiger partial charge < -0.3 is 5.11 Å². The molecule has 0 radical (unpaired) electrons. The van der Waals surface area contributed by atoms with Crippen molar-refractivity contribution in [3.63, 3.8) is 0 Å². The van der Waals surface area contributed by atoms with Crippen molar-refractivity contribution in [2.45, 2.75) is 86.0 Å². The van der Waals surface area contributed by atoms with E-state index in [0.717, 1.165) is 24.2 Å². The summed E-state index contributed by atoms with van der Waals surface area (Å²) in [6, 6.07) is 0. The van der Waals surface area contributed by atoms with Gasteiger partial charge in [-0.15, -0.1) is 0 Å². The summed E-state index contributed by atoms with van der Waals surface area (Å²) in [5.74, 6) is 2.09. The highest BCUT2D eigenvalue weighted by molar-refractivity contribution is 5.66. The third-order valence-electron chi connectivity index (χ3n) is 7.21. The molecular weight excluding hydrogens is 272 g/mol. The molecule has 0 heterocycles. The summed E-state index contributed by atoms with van der Waals surface area (Å²) in [6.45, 7) is 12.1. The molecule has 2 nitrogen and oxygen atoms in total. The second kappa shape index (κ2) is 6.53. The molecule has 2 fully saturated rings. The van der Waals surface area contributed by atoms with Crippen LogP contribution in [0.25, 0.3) is 0 Å². The van der Waals surface area contributed by atoms with Gasteiger partial charge in [0.2, 0.25) is 0 Å². The minimum absolute atomic E-state index is 0.310. The summed E-state index contributed by atoms with van der Waals surface area (Å²) >= 11 is 0. The van der Waals surface area contributed by atoms with Crippen molar-refractivity contribution < 1.29 is 9.90 Å². The van der Waals surface area contributed by atoms with Crippen LogP contribution in [0.1, 0.15) is 86.0 Å². The van der Waals surface area contributed by atoms with E-state index in [1.54, 1.807) is 0 Å². The molecule has 0 aliphatic heterocycles. The molecule has 0 aromatic heterocycles. The quantitative estimate of drug-likeness (QED) is 0.701. The molecule has 2 aliphatic rings. The number of rotatable bonds is 5. The maximum Gasteiger partial charge on any atom is 0.303 e. The Morgan fingerprint density at radius 2 is 1.91 bits per heavy atom. The van der Waals surface area contributed by atoms with E-state index in [4.69, 9.17) is 5.11 Å². The SMILES string of the molecule is C[C@@H](CC[C@H]1[C@@H](C)CC[C@H]2C(C)(C)CCC[C@]12C)CC(=O)O. The van der Waals surface area contributed by atoms with Crippen LogP contribution in [0, 0.1) is 34.5 Å². The third kappa shape index (κ3) is 3.51. The van der Waals surface area contributed by atoms with Crippen LogP contribution in [0.3, 0.4) is 0 Å². The van der Waals surface area contributed by atoms with Crippen LogP contribution in [0.4, 0.5) is 0 Å². The molecule has 2 aliphatic carbocycles. The Bertz CT molecular complexity index is 401. The predicted molar refractivity (Wildman–Crippen MR) is 91.8 cm³/mol. The second-order valence-electron chi connectivity index (χ2n) is 9.34. The zero-order chi connectivity index (χ0) is 16.5. The molecule has 5 atom stereocenters. The van der Waals surface area contributed by atoms with Crippen LogP contribution in [0.15, 0.2) is 0 Å². The number of hydrogen-bond donors (Lipinski definition) is 1. The monoisotopic (exact) mass is 308 g/mol. The summed E-state index contributed by atoms with van der Waals surface area (Å²) in [5.41, 5.74) is 0.959. The number of fused-ring (bicyclic) bond motifs is 1. The number of aliphatic carboxylic acids is 1. The number of carbonyl (C=O) groups is 1. The van der Waals surface area contributed by atoms with Gasteiger partial charge >= 0.3 is 5.97 Å². The first kappa shape index (κ1) is 17.8. The molecule has 0 saturated heterocycles. The van der Waals surface area contributed by atoms with Gasteiger partial charge in [0.15, 0.2) is 0 Å². The van der Waals surface area contributed by atoms with E-state index < -0.39 is 5.97 Å². The van der Waals surface area contributed by atoms with Gasteiger partial charge in [-0.2, -0.15) is 0 Å². The molecule has 2 heteroatoms. The Hall–Kier alpha value is -0.530. The minimum atomic E-state index is -0.646. The topological polar surface area (TPSA) is 37.3 Å². The van der Waals surface area contributed by atoms with E-state index in [2.05, 4.69) is 34.6 Å². The molecule has 128 valence electrons. The maximum atomic E-state index is 10.9. The van der Waals surface area contributed by atoms with Crippen molar-refractivity contribution in [3.8, 4) is 0 Å². The van der Waals surface area contributed by atoms with Gasteiger partial charge in [-0.3, -0.25) is 4.79 Å². The third-order valence-corrected chi connectivity index (χ3v) is 7.21. The highest BCUT2D eigenvalue weighted by Crippen LogP contribution is 2.62. The van der Waals surface area contributed by atoms with E-state index in [9.17, 15) is 4.79 Å². The maximum absolute atomic E-state index is 10.9. The largest absolute Gasteiger partial charge is 0.481 e. The lowest BCUT2D eigenvalue weighted by Crippen LogP contribution is -2.51. The summed E-state index contributed by atoms with van der Waals surface area (Å²) in [6.07, 6.45) is 9.50. The van der Waals surface area contributed by atoms with Crippen molar-refractivity contribution in [1.82, 2.24) is 0 Å². The zero-order valence-corrected chi connectivity index (χ0v) is 15.3. The Balaban J connectivity index is 2.09. The van der Waals surface area contributed by atoms with Crippen LogP contribution < -0.4 is 0 Å². The molecule has 0 aromatic carbocycles. The van der Waals surface area contributed by atoms with E-state index in [0.29, 0.717) is 23.2 Å². The fourth-order valence-electron chi connectivity index (χ4n) is 6.09. The van der Waals surface area contributed by atoms with Gasteiger partial charge in [0.1, 0.15) is 0 Å².